The Bertz CT molecular complexity index is 783. The third kappa shape index (κ3) is 5.92. The first kappa shape index (κ1) is 19.1. The van der Waals surface area contributed by atoms with Gasteiger partial charge in [0.1, 0.15) is 5.75 Å². The second-order valence-electron chi connectivity index (χ2n) is 6.80. The van der Waals surface area contributed by atoms with Crippen LogP contribution in [0.5, 0.6) is 5.75 Å². The molecule has 0 saturated carbocycles. The van der Waals surface area contributed by atoms with Gasteiger partial charge in [0.15, 0.2) is 5.82 Å². The van der Waals surface area contributed by atoms with Crippen molar-refractivity contribution in [3.05, 3.63) is 67.0 Å². The van der Waals surface area contributed by atoms with Crippen molar-refractivity contribution in [2.75, 3.05) is 6.61 Å². The monoisotopic (exact) mass is 360 g/mol. The topological polar surface area (TPSA) is 35.0 Å². The highest BCUT2D eigenvalue weighted by Crippen LogP contribution is 2.22. The van der Waals surface area contributed by atoms with Crippen LogP contribution in [0.15, 0.2) is 67.0 Å². The molecular weight excluding hydrogens is 332 g/mol. The number of ether oxygens (including phenoxy) is 1. The summed E-state index contributed by atoms with van der Waals surface area (Å²) in [4.78, 5) is 9.03. The summed E-state index contributed by atoms with van der Waals surface area (Å²) in [5, 5.41) is 0. The minimum absolute atomic E-state index is 0.733. The molecule has 27 heavy (non-hydrogen) atoms. The first-order chi connectivity index (χ1) is 13.4. The average Bonchev–Trinajstić information content (AvgIpc) is 2.74. The Morgan fingerprint density at radius 1 is 0.667 bits per heavy atom. The Balaban J connectivity index is 1.50. The van der Waals surface area contributed by atoms with Crippen LogP contribution in [0.1, 0.15) is 45.4 Å². The van der Waals surface area contributed by atoms with E-state index in [-0.39, 0.29) is 0 Å². The number of hydrogen-bond acceptors (Lipinski definition) is 3. The number of rotatable bonds is 10. The Kier molecular flexibility index (Phi) is 7.40. The Labute approximate surface area is 162 Å². The van der Waals surface area contributed by atoms with Gasteiger partial charge in [-0.15, -0.1) is 0 Å². The third-order valence-electron chi connectivity index (χ3n) is 4.64. The van der Waals surface area contributed by atoms with Gasteiger partial charge in [0.05, 0.1) is 6.61 Å². The van der Waals surface area contributed by atoms with Crippen LogP contribution in [0.25, 0.3) is 22.5 Å². The summed E-state index contributed by atoms with van der Waals surface area (Å²) in [6.45, 7) is 3.03. The molecule has 3 rings (SSSR count). The second kappa shape index (κ2) is 10.5. The molecule has 0 N–H and O–H groups in total. The van der Waals surface area contributed by atoms with Gasteiger partial charge >= 0.3 is 0 Å². The van der Waals surface area contributed by atoms with Crippen LogP contribution < -0.4 is 4.74 Å². The van der Waals surface area contributed by atoms with Crippen molar-refractivity contribution in [3.8, 4) is 28.3 Å². The van der Waals surface area contributed by atoms with Gasteiger partial charge in [-0.2, -0.15) is 0 Å². The highest BCUT2D eigenvalue weighted by atomic mass is 16.5. The minimum Gasteiger partial charge on any atom is -0.494 e. The lowest BCUT2D eigenvalue weighted by Crippen LogP contribution is -1.97. The molecule has 1 heterocycles. The predicted molar refractivity (Wildman–Crippen MR) is 112 cm³/mol. The molecule has 0 saturated heterocycles. The SMILES string of the molecule is CCCCCCCCOc1ccc(-c2ncc(-c3ccccc3)cn2)cc1. The highest BCUT2D eigenvalue weighted by Gasteiger charge is 2.04. The van der Waals surface area contributed by atoms with E-state index in [9.17, 15) is 0 Å². The maximum absolute atomic E-state index is 5.84. The lowest BCUT2D eigenvalue weighted by atomic mass is 10.1. The van der Waals surface area contributed by atoms with Crippen molar-refractivity contribution in [1.82, 2.24) is 9.97 Å². The van der Waals surface area contributed by atoms with E-state index in [1.807, 2.05) is 54.9 Å². The molecule has 1 aromatic heterocycles. The van der Waals surface area contributed by atoms with Crippen LogP contribution in [0.4, 0.5) is 0 Å². The fraction of sp³-hybridized carbons (Fsp3) is 0.333. The molecular formula is C24H28N2O. The minimum atomic E-state index is 0.733. The molecule has 3 aromatic rings. The zero-order valence-corrected chi connectivity index (χ0v) is 16.1. The van der Waals surface area contributed by atoms with E-state index < -0.39 is 0 Å². The molecule has 0 aliphatic carbocycles. The normalized spacial score (nSPS) is 10.7. The molecule has 0 atom stereocenters. The molecule has 3 heteroatoms. The van der Waals surface area contributed by atoms with Crippen molar-refractivity contribution >= 4 is 0 Å². The number of aromatic nitrogens is 2. The molecule has 0 unspecified atom stereocenters. The zero-order valence-electron chi connectivity index (χ0n) is 16.1. The van der Waals surface area contributed by atoms with Gasteiger partial charge in [0, 0.05) is 23.5 Å². The summed E-state index contributed by atoms with van der Waals surface area (Å²) in [6.07, 6.45) is 11.4. The van der Waals surface area contributed by atoms with E-state index in [0.29, 0.717) is 0 Å². The van der Waals surface area contributed by atoms with Gasteiger partial charge in [-0.05, 0) is 36.2 Å². The summed E-state index contributed by atoms with van der Waals surface area (Å²) < 4.78 is 5.84. The molecule has 0 spiro atoms. The second-order valence-corrected chi connectivity index (χ2v) is 6.80. The summed E-state index contributed by atoms with van der Waals surface area (Å²) in [5.74, 6) is 1.64. The summed E-state index contributed by atoms with van der Waals surface area (Å²) in [5.41, 5.74) is 3.15. The van der Waals surface area contributed by atoms with Crippen LogP contribution in [0.2, 0.25) is 0 Å². The van der Waals surface area contributed by atoms with Crippen molar-refractivity contribution in [2.24, 2.45) is 0 Å². The summed E-state index contributed by atoms with van der Waals surface area (Å²) in [6, 6.07) is 18.2. The lowest BCUT2D eigenvalue weighted by molar-refractivity contribution is 0.304. The van der Waals surface area contributed by atoms with E-state index >= 15 is 0 Å². The number of hydrogen-bond donors (Lipinski definition) is 0. The van der Waals surface area contributed by atoms with E-state index in [1.54, 1.807) is 0 Å². The van der Waals surface area contributed by atoms with Crippen LogP contribution in [-0.4, -0.2) is 16.6 Å². The average molecular weight is 361 g/mol. The molecule has 0 aliphatic rings. The smallest absolute Gasteiger partial charge is 0.159 e. The molecule has 140 valence electrons. The highest BCUT2D eigenvalue weighted by molar-refractivity contribution is 5.63. The molecule has 2 aromatic carbocycles. The standard InChI is InChI=1S/C24H28N2O/c1-2-3-4-5-6-10-17-27-23-15-13-21(14-16-23)24-25-18-22(19-26-24)20-11-8-7-9-12-20/h7-9,11-16,18-19H,2-6,10,17H2,1H3. The van der Waals surface area contributed by atoms with Gasteiger partial charge in [-0.25, -0.2) is 9.97 Å². The largest absolute Gasteiger partial charge is 0.494 e. The first-order valence-electron chi connectivity index (χ1n) is 9.97. The van der Waals surface area contributed by atoms with Crippen molar-refractivity contribution in [3.63, 3.8) is 0 Å². The number of nitrogens with zero attached hydrogens (tertiary/aromatic N) is 2. The third-order valence-corrected chi connectivity index (χ3v) is 4.64. The Morgan fingerprint density at radius 2 is 1.33 bits per heavy atom. The number of benzene rings is 2. The molecule has 0 aliphatic heterocycles. The van der Waals surface area contributed by atoms with Crippen LogP contribution in [0, 0.1) is 0 Å². The maximum Gasteiger partial charge on any atom is 0.159 e. The summed E-state index contributed by atoms with van der Waals surface area (Å²) >= 11 is 0. The van der Waals surface area contributed by atoms with Crippen LogP contribution in [0.3, 0.4) is 0 Å². The fourth-order valence-electron chi connectivity index (χ4n) is 3.03. The zero-order chi connectivity index (χ0) is 18.7. The Hall–Kier alpha value is -2.68. The molecule has 3 nitrogen and oxygen atoms in total. The quantitative estimate of drug-likeness (QED) is 0.385. The Morgan fingerprint density at radius 3 is 2.04 bits per heavy atom. The van der Waals surface area contributed by atoms with Crippen molar-refractivity contribution in [1.29, 1.82) is 0 Å². The van der Waals surface area contributed by atoms with E-state index in [0.717, 1.165) is 41.3 Å². The van der Waals surface area contributed by atoms with Crippen molar-refractivity contribution in [2.45, 2.75) is 45.4 Å². The van der Waals surface area contributed by atoms with E-state index in [2.05, 4.69) is 29.0 Å². The van der Waals surface area contributed by atoms with Crippen molar-refractivity contribution < 1.29 is 4.74 Å². The first-order valence-corrected chi connectivity index (χ1v) is 9.97. The molecule has 0 radical (unpaired) electrons. The van der Waals surface area contributed by atoms with Gasteiger partial charge in [-0.3, -0.25) is 0 Å². The predicted octanol–water partition coefficient (Wildman–Crippen LogP) is 6.55. The number of unbranched alkanes of at least 4 members (excludes halogenated alkanes) is 5. The van der Waals surface area contributed by atoms with Gasteiger partial charge in [0.2, 0.25) is 0 Å². The summed E-state index contributed by atoms with van der Waals surface area (Å²) in [7, 11) is 0. The molecule has 0 fully saturated rings. The van der Waals surface area contributed by atoms with Crippen LogP contribution in [-0.2, 0) is 0 Å². The van der Waals surface area contributed by atoms with Gasteiger partial charge in [0.25, 0.3) is 0 Å². The molecule has 0 amide bonds. The van der Waals surface area contributed by atoms with Crippen LogP contribution >= 0.6 is 0 Å². The molecule has 0 bridgehead atoms. The van der Waals surface area contributed by atoms with E-state index in [1.165, 1.54) is 32.1 Å². The maximum atomic E-state index is 5.84. The van der Waals surface area contributed by atoms with Gasteiger partial charge < -0.3 is 4.74 Å². The lowest BCUT2D eigenvalue weighted by Gasteiger charge is -2.07. The van der Waals surface area contributed by atoms with Gasteiger partial charge in [-0.1, -0.05) is 69.4 Å². The fourth-order valence-corrected chi connectivity index (χ4v) is 3.03. The van der Waals surface area contributed by atoms with E-state index in [4.69, 9.17) is 4.74 Å².